The number of nitrogens with zero attached hydrogens (tertiary/aromatic N) is 1. The summed E-state index contributed by atoms with van der Waals surface area (Å²) in [5, 5.41) is 5.30. The van der Waals surface area contributed by atoms with E-state index in [1.807, 2.05) is 0 Å². The van der Waals surface area contributed by atoms with Crippen LogP contribution in [0, 0.1) is 6.92 Å². The van der Waals surface area contributed by atoms with Crippen LogP contribution in [0.15, 0.2) is 37.5 Å². The van der Waals surface area contributed by atoms with Crippen LogP contribution in [-0.2, 0) is 14.9 Å². The summed E-state index contributed by atoms with van der Waals surface area (Å²) in [6.07, 6.45) is -6.09. The number of aryl methyl sites for hydroxylation is 1. The van der Waals surface area contributed by atoms with E-state index < -0.39 is 24.7 Å². The fourth-order valence-corrected chi connectivity index (χ4v) is 3.61. The molecule has 0 spiro atoms. The molecule has 0 saturated carbocycles. The van der Waals surface area contributed by atoms with E-state index in [9.17, 15) is 27.2 Å². The van der Waals surface area contributed by atoms with Crippen LogP contribution in [0.4, 0.5) is 28.9 Å². The van der Waals surface area contributed by atoms with Gasteiger partial charge in [0.25, 0.3) is 11.8 Å². The molecule has 0 aliphatic heterocycles. The number of rotatable bonds is 5. The van der Waals surface area contributed by atoms with Gasteiger partial charge in [0.15, 0.2) is 0 Å². The molecule has 0 atom stereocenters. The molecule has 1 radical (unpaired) electrons. The van der Waals surface area contributed by atoms with Crippen molar-refractivity contribution in [1.82, 2.24) is 0 Å². The summed E-state index contributed by atoms with van der Waals surface area (Å²) in [6, 6.07) is 6.13. The van der Waals surface area contributed by atoms with Crippen molar-refractivity contribution in [1.29, 1.82) is 0 Å². The number of nitrogens with one attached hydrogen (secondary N) is 2. The number of anilines is 2. The molecule has 0 saturated heterocycles. The van der Waals surface area contributed by atoms with Gasteiger partial charge in [-0.3, -0.25) is 9.59 Å². The zero-order valence-corrected chi connectivity index (χ0v) is 24.0. The van der Waals surface area contributed by atoms with Crippen LogP contribution in [0.2, 0.25) is 10.0 Å². The molecule has 0 fully saturated rings. The Bertz CT molecular complexity index is 1030. The molecule has 0 aliphatic rings. The monoisotopic (exact) mass is 730 g/mol. The van der Waals surface area contributed by atoms with E-state index in [2.05, 4.69) is 83.2 Å². The molecule has 5 nitrogen and oxygen atoms in total. The van der Waals surface area contributed by atoms with Crippen molar-refractivity contribution < 1.29 is 27.2 Å². The van der Waals surface area contributed by atoms with Crippen molar-refractivity contribution in [2.45, 2.75) is 25.1 Å². The zero-order valence-electron chi connectivity index (χ0n) is 16.9. The number of halogens is 9. The van der Waals surface area contributed by atoms with E-state index in [0.29, 0.717) is 35.4 Å². The number of hydrogen-bond acceptors (Lipinski definition) is 4. The summed E-state index contributed by atoms with van der Waals surface area (Å²) in [5.74, 6) is -2.68. The van der Waals surface area contributed by atoms with Crippen LogP contribution in [0.3, 0.4) is 0 Å². The third-order valence-electron chi connectivity index (χ3n) is 3.47. The van der Waals surface area contributed by atoms with E-state index in [0.717, 1.165) is 0 Å². The third kappa shape index (κ3) is 11.8. The maximum atomic E-state index is 12.1. The van der Waals surface area contributed by atoms with Crippen molar-refractivity contribution in [3.05, 3.63) is 54.4 Å². The van der Waals surface area contributed by atoms with Gasteiger partial charge in [-0.15, -0.1) is 0 Å². The fraction of sp³-hybridized carbons (Fsp3) is 0.222. The number of hydrogen-bond donors (Lipinski definition) is 3. The number of benzene rings is 2. The fourth-order valence-electron chi connectivity index (χ4n) is 1.97. The molecular formula is C18H14BBr3Cl2F4N3O2S. The van der Waals surface area contributed by atoms with Crippen LogP contribution in [0.5, 0.6) is 0 Å². The minimum absolute atomic E-state index is 0.273. The summed E-state index contributed by atoms with van der Waals surface area (Å²) in [5.41, 5.74) is 1.87. The van der Waals surface area contributed by atoms with Crippen molar-refractivity contribution in [2.24, 2.45) is 4.30 Å². The Kier molecular flexibility index (Phi) is 16.6. The molecule has 2 rings (SSSR count). The number of thiol groups is 1. The Balaban J connectivity index is 0.000000575. The molecule has 0 unspecified atom stereocenters. The van der Waals surface area contributed by atoms with Crippen LogP contribution in [-0.4, -0.2) is 32.3 Å². The van der Waals surface area contributed by atoms with E-state index in [1.165, 1.54) is 12.1 Å². The van der Waals surface area contributed by atoms with E-state index in [-0.39, 0.29) is 11.4 Å². The van der Waals surface area contributed by atoms with Gasteiger partial charge in [0.05, 0.1) is 10.0 Å². The molecule has 2 N–H and O–H groups in total. The first-order valence-electron chi connectivity index (χ1n) is 8.50. The van der Waals surface area contributed by atoms with Crippen LogP contribution in [0.25, 0.3) is 0 Å². The Morgan fingerprint density at radius 1 is 0.971 bits per heavy atom. The predicted octanol–water partition coefficient (Wildman–Crippen LogP) is 8.00. The summed E-state index contributed by atoms with van der Waals surface area (Å²) in [7, 11) is 4.34. The molecule has 0 aliphatic carbocycles. The molecular weight excluding hydrogens is 720 g/mol. The topological polar surface area (TPSA) is 70.6 Å². The Morgan fingerprint density at radius 3 is 1.76 bits per heavy atom. The molecule has 0 heterocycles. The van der Waals surface area contributed by atoms with Crippen molar-refractivity contribution in [3.8, 4) is 0 Å². The van der Waals surface area contributed by atoms with Gasteiger partial charge in [-0.25, -0.2) is 0 Å². The van der Waals surface area contributed by atoms with Gasteiger partial charge in [-0.2, -0.15) is 17.6 Å². The zero-order chi connectivity index (χ0) is 26.6. The molecule has 16 heteroatoms. The molecule has 2 amide bonds. The Morgan fingerprint density at radius 2 is 1.35 bits per heavy atom. The number of amides is 2. The first-order chi connectivity index (χ1) is 15.8. The second-order valence-electron chi connectivity index (χ2n) is 5.83. The third-order valence-corrected chi connectivity index (χ3v) is 6.47. The van der Waals surface area contributed by atoms with Crippen molar-refractivity contribution in [3.63, 3.8) is 0 Å². The SMILES string of the molecule is Cc1cc(Br)c(Cl)cc1NC(=O)C(F)F.O=C(Nc1cc(Cl)c(Br)cc1CBr)C(F)F.[B]=NS. The normalized spacial score (nSPS) is 10.0. The van der Waals surface area contributed by atoms with Gasteiger partial charge < -0.3 is 10.6 Å². The Hall–Kier alpha value is -0.665. The Labute approximate surface area is 234 Å². The second kappa shape index (κ2) is 16.9. The first kappa shape index (κ1) is 33.3. The standard InChI is InChI=1S/C9H6Br2ClF2NO.C9H7BrClF2NO.BHNS/c10-3-4-1-5(11)6(12)2-7(4)15-9(16)8(13)14;1-4-2-5(10)6(11)3-7(4)14-9(15)8(12)13;1-2-3/h1-2,8H,3H2,(H,15,16);2-3,8H,1H3,(H,14,15);3H. The van der Waals surface area contributed by atoms with Crippen molar-refractivity contribution >= 4 is 115 Å². The number of carbonyl (C=O) groups is 2. The van der Waals surface area contributed by atoms with Gasteiger partial charge >= 0.3 is 37.6 Å². The first-order valence-corrected chi connectivity index (χ1v) is 12.4. The van der Waals surface area contributed by atoms with Gasteiger partial charge in [0.2, 0.25) is 0 Å². The van der Waals surface area contributed by atoms with E-state index >= 15 is 0 Å². The molecule has 2 aromatic carbocycles. The number of carbonyl (C=O) groups excluding carboxylic acids is 2. The summed E-state index contributed by atoms with van der Waals surface area (Å²) < 4.78 is 52.1. The summed E-state index contributed by atoms with van der Waals surface area (Å²) in [4.78, 5) is 21.6. The minimum atomic E-state index is -3.05. The summed E-state index contributed by atoms with van der Waals surface area (Å²) >= 11 is 24.3. The maximum absolute atomic E-state index is 12.1. The van der Waals surface area contributed by atoms with E-state index in [1.54, 1.807) is 19.1 Å². The van der Waals surface area contributed by atoms with Gasteiger partial charge in [-0.1, -0.05) is 39.1 Å². The van der Waals surface area contributed by atoms with Crippen molar-refractivity contribution in [2.75, 3.05) is 10.6 Å². The molecule has 0 aromatic heterocycles. The average Bonchev–Trinajstić information content (AvgIpc) is 2.75. The average molecular weight is 734 g/mol. The van der Waals surface area contributed by atoms with Gasteiger partial charge in [-0.05, 0) is 74.2 Å². The molecule has 2 aromatic rings. The van der Waals surface area contributed by atoms with Gasteiger partial charge in [0.1, 0.15) is 0 Å². The second-order valence-corrected chi connectivity index (χ2v) is 9.15. The quantitative estimate of drug-likeness (QED) is 0.126. The summed E-state index contributed by atoms with van der Waals surface area (Å²) in [6.45, 7) is 1.68. The van der Waals surface area contributed by atoms with Crippen LogP contribution in [0.1, 0.15) is 11.1 Å². The van der Waals surface area contributed by atoms with Gasteiger partial charge in [0, 0.05) is 25.7 Å². The predicted molar refractivity (Wildman–Crippen MR) is 142 cm³/mol. The molecule has 185 valence electrons. The van der Waals surface area contributed by atoms with Crippen LogP contribution < -0.4 is 10.6 Å². The molecule has 34 heavy (non-hydrogen) atoms. The van der Waals surface area contributed by atoms with Crippen LogP contribution >= 0.6 is 83.8 Å². The molecule has 0 bridgehead atoms. The van der Waals surface area contributed by atoms with E-state index in [4.69, 9.17) is 23.2 Å². The number of alkyl halides is 5.